The Morgan fingerprint density at radius 1 is 1.38 bits per heavy atom. The van der Waals surface area contributed by atoms with E-state index in [1.54, 1.807) is 22.7 Å². The van der Waals surface area contributed by atoms with Gasteiger partial charge in [0.2, 0.25) is 0 Å². The second kappa shape index (κ2) is 5.08. The first kappa shape index (κ1) is 11.8. The Morgan fingerprint density at radius 3 is 2.75 bits per heavy atom. The third-order valence-electron chi connectivity index (χ3n) is 2.73. The van der Waals surface area contributed by atoms with Gasteiger partial charge in [0, 0.05) is 28.8 Å². The molecule has 16 heavy (non-hydrogen) atoms. The molecule has 0 spiro atoms. The predicted octanol–water partition coefficient (Wildman–Crippen LogP) is 3.57. The van der Waals surface area contributed by atoms with Crippen LogP contribution in [0.1, 0.15) is 25.5 Å². The Morgan fingerprint density at radius 2 is 2.19 bits per heavy atom. The molecule has 2 rings (SSSR count). The van der Waals surface area contributed by atoms with Gasteiger partial charge >= 0.3 is 0 Å². The molecule has 2 nitrogen and oxygen atoms in total. The van der Waals surface area contributed by atoms with Gasteiger partial charge in [-0.2, -0.15) is 11.3 Å². The van der Waals surface area contributed by atoms with Gasteiger partial charge in [-0.1, -0.05) is 13.8 Å². The van der Waals surface area contributed by atoms with Gasteiger partial charge in [0.1, 0.15) is 5.01 Å². The van der Waals surface area contributed by atoms with Gasteiger partial charge in [-0.3, -0.25) is 0 Å². The number of hydrogen-bond acceptors (Lipinski definition) is 4. The molecule has 0 aliphatic carbocycles. The number of hydrogen-bond donors (Lipinski definition) is 1. The molecule has 0 bridgehead atoms. The van der Waals surface area contributed by atoms with E-state index in [0.717, 1.165) is 10.7 Å². The Hall–Kier alpha value is -0.710. The van der Waals surface area contributed by atoms with Crippen LogP contribution in [0.3, 0.4) is 0 Å². The lowest BCUT2D eigenvalue weighted by atomic mass is 9.93. The van der Waals surface area contributed by atoms with Gasteiger partial charge in [-0.05, 0) is 17.4 Å². The van der Waals surface area contributed by atoms with Crippen LogP contribution in [0, 0.1) is 5.92 Å². The number of thiophene rings is 1. The fraction of sp³-hybridized carbons (Fsp3) is 0.417. The minimum atomic E-state index is 0.378. The van der Waals surface area contributed by atoms with Crippen LogP contribution >= 0.6 is 22.7 Å². The van der Waals surface area contributed by atoms with Crippen molar-refractivity contribution >= 4 is 22.7 Å². The molecule has 2 aromatic rings. The normalized spacial score (nSPS) is 13.2. The highest BCUT2D eigenvalue weighted by Gasteiger charge is 2.17. The summed E-state index contributed by atoms with van der Waals surface area (Å²) in [6, 6.07) is 2.11. The summed E-state index contributed by atoms with van der Waals surface area (Å²) in [5.74, 6) is 0.922. The number of nitrogens with zero attached hydrogens (tertiary/aromatic N) is 1. The molecule has 0 saturated heterocycles. The van der Waals surface area contributed by atoms with Crippen LogP contribution in [0.2, 0.25) is 0 Å². The summed E-state index contributed by atoms with van der Waals surface area (Å²) in [5, 5.41) is 7.47. The minimum Gasteiger partial charge on any atom is -0.330 e. The van der Waals surface area contributed by atoms with Crippen molar-refractivity contribution in [2.24, 2.45) is 11.7 Å². The minimum absolute atomic E-state index is 0.378. The summed E-state index contributed by atoms with van der Waals surface area (Å²) < 4.78 is 0. The molecule has 2 aromatic heterocycles. The van der Waals surface area contributed by atoms with Crippen molar-refractivity contribution < 1.29 is 0 Å². The second-order valence-corrected chi connectivity index (χ2v) is 5.81. The first-order valence-corrected chi connectivity index (χ1v) is 7.22. The number of thiazole rings is 1. The standard InChI is InChI=1S/C12H16N2S2/c1-8(2)10(5-13)11-7-16-12(14-11)9-3-4-15-6-9/h3-4,6-8,10H,5,13H2,1-2H3. The maximum absolute atomic E-state index is 5.80. The van der Waals surface area contributed by atoms with E-state index in [0.29, 0.717) is 18.4 Å². The first-order chi connectivity index (χ1) is 7.72. The molecular weight excluding hydrogens is 236 g/mol. The van der Waals surface area contributed by atoms with Crippen LogP contribution in [0.4, 0.5) is 0 Å². The smallest absolute Gasteiger partial charge is 0.124 e. The molecule has 0 aliphatic heterocycles. The van der Waals surface area contributed by atoms with Crippen molar-refractivity contribution in [1.82, 2.24) is 4.98 Å². The van der Waals surface area contributed by atoms with Crippen molar-refractivity contribution in [2.45, 2.75) is 19.8 Å². The average molecular weight is 252 g/mol. The fourth-order valence-corrected chi connectivity index (χ4v) is 3.31. The molecule has 2 N–H and O–H groups in total. The maximum Gasteiger partial charge on any atom is 0.124 e. The number of rotatable bonds is 4. The molecule has 86 valence electrons. The van der Waals surface area contributed by atoms with Crippen LogP contribution < -0.4 is 5.73 Å². The largest absolute Gasteiger partial charge is 0.330 e. The third kappa shape index (κ3) is 2.34. The second-order valence-electron chi connectivity index (χ2n) is 4.18. The van der Waals surface area contributed by atoms with Crippen molar-refractivity contribution in [3.8, 4) is 10.6 Å². The molecule has 2 heterocycles. The van der Waals surface area contributed by atoms with Crippen LogP contribution in [0.25, 0.3) is 10.6 Å². The molecule has 0 aromatic carbocycles. The van der Waals surface area contributed by atoms with Crippen molar-refractivity contribution in [3.63, 3.8) is 0 Å². The van der Waals surface area contributed by atoms with E-state index >= 15 is 0 Å². The van der Waals surface area contributed by atoms with Gasteiger partial charge in [0.05, 0.1) is 5.69 Å². The topological polar surface area (TPSA) is 38.9 Å². The van der Waals surface area contributed by atoms with E-state index in [-0.39, 0.29) is 0 Å². The highest BCUT2D eigenvalue weighted by atomic mass is 32.1. The quantitative estimate of drug-likeness (QED) is 0.903. The molecule has 1 unspecified atom stereocenters. The van der Waals surface area contributed by atoms with E-state index < -0.39 is 0 Å². The fourth-order valence-electron chi connectivity index (χ4n) is 1.71. The van der Waals surface area contributed by atoms with Crippen molar-refractivity contribution in [3.05, 3.63) is 27.9 Å². The average Bonchev–Trinajstić information content (AvgIpc) is 2.86. The van der Waals surface area contributed by atoms with Gasteiger partial charge in [0.25, 0.3) is 0 Å². The zero-order chi connectivity index (χ0) is 11.5. The molecule has 1 atom stereocenters. The Labute approximate surface area is 104 Å². The van der Waals surface area contributed by atoms with Crippen LogP contribution in [0.15, 0.2) is 22.2 Å². The Kier molecular flexibility index (Phi) is 3.74. The predicted molar refractivity (Wildman–Crippen MR) is 72.1 cm³/mol. The van der Waals surface area contributed by atoms with Crippen LogP contribution in [0.5, 0.6) is 0 Å². The lowest BCUT2D eigenvalue weighted by Crippen LogP contribution is -2.18. The molecule has 0 radical (unpaired) electrons. The monoisotopic (exact) mass is 252 g/mol. The number of nitrogens with two attached hydrogens (primary N) is 1. The third-order valence-corrected chi connectivity index (χ3v) is 4.32. The Balaban J connectivity index is 2.25. The van der Waals surface area contributed by atoms with Crippen molar-refractivity contribution in [2.75, 3.05) is 6.54 Å². The highest BCUT2D eigenvalue weighted by Crippen LogP contribution is 2.30. The maximum atomic E-state index is 5.80. The summed E-state index contributed by atoms with van der Waals surface area (Å²) in [5.41, 5.74) is 8.17. The van der Waals surface area contributed by atoms with E-state index in [2.05, 4.69) is 36.1 Å². The molecule has 0 aliphatic rings. The summed E-state index contributed by atoms with van der Waals surface area (Å²) in [4.78, 5) is 4.69. The van der Waals surface area contributed by atoms with Gasteiger partial charge in [0.15, 0.2) is 0 Å². The summed E-state index contributed by atoms with van der Waals surface area (Å²) in [6.07, 6.45) is 0. The van der Waals surface area contributed by atoms with E-state index in [1.165, 1.54) is 5.56 Å². The van der Waals surface area contributed by atoms with Gasteiger partial charge in [-0.25, -0.2) is 4.98 Å². The van der Waals surface area contributed by atoms with E-state index in [9.17, 15) is 0 Å². The number of aromatic nitrogens is 1. The zero-order valence-electron chi connectivity index (χ0n) is 9.51. The van der Waals surface area contributed by atoms with E-state index in [1.807, 2.05) is 0 Å². The molecule has 0 amide bonds. The Bertz CT molecular complexity index is 432. The van der Waals surface area contributed by atoms with Crippen LogP contribution in [-0.2, 0) is 0 Å². The summed E-state index contributed by atoms with van der Waals surface area (Å²) in [7, 11) is 0. The SMILES string of the molecule is CC(C)C(CN)c1csc(-c2ccsc2)n1. The molecule has 0 fully saturated rings. The molecule has 4 heteroatoms. The first-order valence-electron chi connectivity index (χ1n) is 5.40. The van der Waals surface area contributed by atoms with Gasteiger partial charge in [-0.15, -0.1) is 11.3 Å². The van der Waals surface area contributed by atoms with Crippen molar-refractivity contribution in [1.29, 1.82) is 0 Å². The molecular formula is C12H16N2S2. The summed E-state index contributed by atoms with van der Waals surface area (Å²) in [6.45, 7) is 5.06. The highest BCUT2D eigenvalue weighted by molar-refractivity contribution is 7.14. The lowest BCUT2D eigenvalue weighted by molar-refractivity contribution is 0.498. The van der Waals surface area contributed by atoms with E-state index in [4.69, 9.17) is 10.7 Å². The van der Waals surface area contributed by atoms with Crippen LogP contribution in [-0.4, -0.2) is 11.5 Å². The van der Waals surface area contributed by atoms with Gasteiger partial charge < -0.3 is 5.73 Å². The summed E-state index contributed by atoms with van der Waals surface area (Å²) >= 11 is 3.41. The lowest BCUT2D eigenvalue weighted by Gasteiger charge is -2.15. The molecule has 0 saturated carbocycles. The zero-order valence-corrected chi connectivity index (χ0v) is 11.1.